The van der Waals surface area contributed by atoms with E-state index < -0.39 is 0 Å². The Hall–Kier alpha value is -1.14. The lowest BCUT2D eigenvalue weighted by Crippen LogP contribution is -2.31. The van der Waals surface area contributed by atoms with E-state index in [9.17, 15) is 0 Å². The standard InChI is InChI=1S/C12H21ClN4O2/c1-5-6-19-12-16-10(13)15-11(17-12)14-9(7-18-4)8(2)3/h8-9H,5-7H2,1-4H3,(H,14,15,16,17). The molecule has 108 valence electrons. The van der Waals surface area contributed by atoms with Gasteiger partial charge in [0.15, 0.2) is 0 Å². The van der Waals surface area contributed by atoms with Gasteiger partial charge in [-0.25, -0.2) is 0 Å². The van der Waals surface area contributed by atoms with E-state index in [-0.39, 0.29) is 17.3 Å². The maximum absolute atomic E-state index is 5.86. The van der Waals surface area contributed by atoms with Crippen LogP contribution >= 0.6 is 11.6 Å². The molecule has 0 saturated heterocycles. The monoisotopic (exact) mass is 288 g/mol. The molecule has 0 bridgehead atoms. The van der Waals surface area contributed by atoms with Crippen molar-refractivity contribution in [3.8, 4) is 6.01 Å². The van der Waals surface area contributed by atoms with Gasteiger partial charge in [0.05, 0.1) is 19.3 Å². The van der Waals surface area contributed by atoms with Crippen LogP contribution in [-0.4, -0.2) is 41.3 Å². The summed E-state index contributed by atoms with van der Waals surface area (Å²) >= 11 is 5.86. The Morgan fingerprint density at radius 1 is 1.26 bits per heavy atom. The van der Waals surface area contributed by atoms with Crippen molar-refractivity contribution >= 4 is 17.5 Å². The number of halogens is 1. The van der Waals surface area contributed by atoms with Gasteiger partial charge in [-0.05, 0) is 23.9 Å². The van der Waals surface area contributed by atoms with Crippen molar-refractivity contribution in [3.05, 3.63) is 5.28 Å². The van der Waals surface area contributed by atoms with Crippen LogP contribution in [-0.2, 0) is 4.74 Å². The van der Waals surface area contributed by atoms with Crippen molar-refractivity contribution in [2.45, 2.75) is 33.2 Å². The third-order valence-electron chi connectivity index (χ3n) is 2.49. The smallest absolute Gasteiger partial charge is 0.322 e. The first kappa shape index (κ1) is 15.9. The Morgan fingerprint density at radius 2 is 2.00 bits per heavy atom. The van der Waals surface area contributed by atoms with Crippen molar-refractivity contribution in [1.29, 1.82) is 0 Å². The van der Waals surface area contributed by atoms with Gasteiger partial charge in [-0.3, -0.25) is 0 Å². The number of methoxy groups -OCH3 is 1. The summed E-state index contributed by atoms with van der Waals surface area (Å²) in [7, 11) is 1.66. The van der Waals surface area contributed by atoms with Crippen molar-refractivity contribution in [2.75, 3.05) is 25.6 Å². The molecule has 0 amide bonds. The van der Waals surface area contributed by atoms with Gasteiger partial charge >= 0.3 is 6.01 Å². The molecule has 0 fully saturated rings. The minimum absolute atomic E-state index is 0.0995. The van der Waals surface area contributed by atoms with E-state index in [1.165, 1.54) is 0 Å². The van der Waals surface area contributed by atoms with E-state index >= 15 is 0 Å². The highest BCUT2D eigenvalue weighted by Crippen LogP contribution is 2.14. The molecule has 7 heteroatoms. The molecule has 1 rings (SSSR count). The predicted octanol–water partition coefficient (Wildman–Crippen LogP) is 2.40. The van der Waals surface area contributed by atoms with Crippen molar-refractivity contribution in [1.82, 2.24) is 15.0 Å². The van der Waals surface area contributed by atoms with Gasteiger partial charge in [0.1, 0.15) is 0 Å². The zero-order valence-corrected chi connectivity index (χ0v) is 12.6. The van der Waals surface area contributed by atoms with Crippen LogP contribution in [0.15, 0.2) is 0 Å². The maximum atomic E-state index is 5.86. The van der Waals surface area contributed by atoms with E-state index in [0.717, 1.165) is 6.42 Å². The van der Waals surface area contributed by atoms with Crippen LogP contribution in [0.4, 0.5) is 5.95 Å². The first-order valence-electron chi connectivity index (χ1n) is 6.36. The molecule has 1 aromatic rings. The minimum atomic E-state index is 0.0995. The molecule has 0 aliphatic carbocycles. The molecular formula is C12H21ClN4O2. The Bertz CT molecular complexity index is 390. The van der Waals surface area contributed by atoms with Gasteiger partial charge in [0.2, 0.25) is 11.2 Å². The highest BCUT2D eigenvalue weighted by molar-refractivity contribution is 6.28. The molecule has 0 radical (unpaired) electrons. The van der Waals surface area contributed by atoms with Crippen molar-refractivity contribution in [3.63, 3.8) is 0 Å². The zero-order chi connectivity index (χ0) is 14.3. The first-order chi connectivity index (χ1) is 9.06. The molecule has 1 N–H and O–H groups in total. The fourth-order valence-electron chi connectivity index (χ4n) is 1.40. The molecule has 0 saturated carbocycles. The summed E-state index contributed by atoms with van der Waals surface area (Å²) in [6.45, 7) is 7.30. The van der Waals surface area contributed by atoms with E-state index in [4.69, 9.17) is 21.1 Å². The van der Waals surface area contributed by atoms with Gasteiger partial charge in [0, 0.05) is 7.11 Å². The lowest BCUT2D eigenvalue weighted by Gasteiger charge is -2.21. The average molecular weight is 289 g/mol. The second-order valence-electron chi connectivity index (χ2n) is 4.51. The summed E-state index contributed by atoms with van der Waals surface area (Å²) in [4.78, 5) is 12.1. The number of hydrogen-bond donors (Lipinski definition) is 1. The summed E-state index contributed by atoms with van der Waals surface area (Å²) in [6.07, 6.45) is 0.879. The summed E-state index contributed by atoms with van der Waals surface area (Å²) in [5, 5.41) is 3.30. The second kappa shape index (κ2) is 8.12. The number of nitrogens with one attached hydrogen (secondary N) is 1. The molecule has 0 aromatic carbocycles. The Balaban J connectivity index is 2.78. The van der Waals surface area contributed by atoms with Crippen molar-refractivity contribution in [2.24, 2.45) is 5.92 Å². The number of rotatable bonds is 8. The van der Waals surface area contributed by atoms with Gasteiger partial charge in [0.25, 0.3) is 0 Å². The number of nitrogens with zero attached hydrogens (tertiary/aromatic N) is 3. The summed E-state index contributed by atoms with van der Waals surface area (Å²) in [5.74, 6) is 0.775. The summed E-state index contributed by atoms with van der Waals surface area (Å²) in [5.41, 5.74) is 0. The van der Waals surface area contributed by atoms with Crippen molar-refractivity contribution < 1.29 is 9.47 Å². The molecule has 1 heterocycles. The van der Waals surface area contributed by atoms with E-state index in [0.29, 0.717) is 25.1 Å². The maximum Gasteiger partial charge on any atom is 0.322 e. The van der Waals surface area contributed by atoms with Gasteiger partial charge in [-0.15, -0.1) is 0 Å². The molecule has 19 heavy (non-hydrogen) atoms. The van der Waals surface area contributed by atoms with Crippen LogP contribution in [0.1, 0.15) is 27.2 Å². The highest BCUT2D eigenvalue weighted by Gasteiger charge is 2.15. The SMILES string of the molecule is CCCOc1nc(Cl)nc(NC(COC)C(C)C)n1. The predicted molar refractivity (Wildman–Crippen MR) is 74.7 cm³/mol. The van der Waals surface area contributed by atoms with Crippen LogP contribution in [0.5, 0.6) is 6.01 Å². The van der Waals surface area contributed by atoms with E-state index in [1.807, 2.05) is 6.92 Å². The Kier molecular flexibility index (Phi) is 6.80. The average Bonchev–Trinajstić information content (AvgIpc) is 2.35. The third-order valence-corrected chi connectivity index (χ3v) is 2.66. The minimum Gasteiger partial charge on any atom is -0.463 e. The third kappa shape index (κ3) is 5.57. The van der Waals surface area contributed by atoms with Crippen LogP contribution in [0.2, 0.25) is 5.28 Å². The van der Waals surface area contributed by atoms with Crippen LogP contribution in [0.3, 0.4) is 0 Å². The second-order valence-corrected chi connectivity index (χ2v) is 4.85. The Morgan fingerprint density at radius 3 is 2.58 bits per heavy atom. The lowest BCUT2D eigenvalue weighted by molar-refractivity contribution is 0.170. The molecule has 6 nitrogen and oxygen atoms in total. The summed E-state index contributed by atoms with van der Waals surface area (Å²) in [6, 6.07) is 0.340. The van der Waals surface area contributed by atoms with Gasteiger partial charge in [-0.2, -0.15) is 15.0 Å². The van der Waals surface area contributed by atoms with Crippen LogP contribution < -0.4 is 10.1 Å². The largest absolute Gasteiger partial charge is 0.463 e. The molecule has 1 aromatic heterocycles. The number of hydrogen-bond acceptors (Lipinski definition) is 6. The number of aromatic nitrogens is 3. The number of anilines is 1. The van der Waals surface area contributed by atoms with Crippen LogP contribution in [0.25, 0.3) is 0 Å². The fourth-order valence-corrected chi connectivity index (χ4v) is 1.55. The highest BCUT2D eigenvalue weighted by atomic mass is 35.5. The Labute approximate surface area is 118 Å². The number of ether oxygens (including phenoxy) is 2. The summed E-state index contributed by atoms with van der Waals surface area (Å²) < 4.78 is 10.5. The normalized spacial score (nSPS) is 12.5. The first-order valence-corrected chi connectivity index (χ1v) is 6.74. The van der Waals surface area contributed by atoms with Crippen LogP contribution in [0, 0.1) is 5.92 Å². The fraction of sp³-hybridized carbons (Fsp3) is 0.750. The molecule has 1 atom stereocenters. The van der Waals surface area contributed by atoms with E-state index in [2.05, 4.69) is 34.1 Å². The molecule has 0 aliphatic rings. The molecule has 1 unspecified atom stereocenters. The molecule has 0 aliphatic heterocycles. The molecular weight excluding hydrogens is 268 g/mol. The van der Waals surface area contributed by atoms with Gasteiger partial charge < -0.3 is 14.8 Å². The van der Waals surface area contributed by atoms with Gasteiger partial charge in [-0.1, -0.05) is 20.8 Å². The topological polar surface area (TPSA) is 69.2 Å². The molecule has 0 spiro atoms. The zero-order valence-electron chi connectivity index (χ0n) is 11.8. The van der Waals surface area contributed by atoms with E-state index in [1.54, 1.807) is 7.11 Å². The quantitative estimate of drug-likeness (QED) is 0.792. The lowest BCUT2D eigenvalue weighted by atomic mass is 10.1.